The molecule has 27 heavy (non-hydrogen) atoms. The molecule has 1 aliphatic rings. The Kier molecular flexibility index (Phi) is 4.76. The van der Waals surface area contributed by atoms with E-state index in [0.29, 0.717) is 18.0 Å². The summed E-state index contributed by atoms with van der Waals surface area (Å²) in [5.74, 6) is 1.34. The van der Waals surface area contributed by atoms with Crippen molar-refractivity contribution in [1.29, 1.82) is 0 Å². The smallest absolute Gasteiger partial charge is 0.245 e. The number of benzene rings is 1. The van der Waals surface area contributed by atoms with Gasteiger partial charge in [-0.3, -0.25) is 4.79 Å². The van der Waals surface area contributed by atoms with Crippen LogP contribution in [0.5, 0.6) is 11.5 Å². The molecule has 1 atom stereocenters. The Balaban J connectivity index is 1.75. The van der Waals surface area contributed by atoms with Gasteiger partial charge >= 0.3 is 0 Å². The molecule has 4 rings (SSSR count). The van der Waals surface area contributed by atoms with Crippen molar-refractivity contribution in [2.75, 3.05) is 20.8 Å². The van der Waals surface area contributed by atoms with Crippen molar-refractivity contribution in [3.63, 3.8) is 0 Å². The van der Waals surface area contributed by atoms with Crippen LogP contribution >= 0.6 is 11.3 Å². The Bertz CT molecular complexity index is 927. The zero-order chi connectivity index (χ0) is 18.8. The molecular formula is C18H19N5O3S. The van der Waals surface area contributed by atoms with Gasteiger partial charge in [-0.25, -0.2) is 4.68 Å². The van der Waals surface area contributed by atoms with Crippen molar-refractivity contribution >= 4 is 17.2 Å². The first-order valence-electron chi connectivity index (χ1n) is 8.49. The molecule has 0 N–H and O–H groups in total. The third kappa shape index (κ3) is 3.25. The second kappa shape index (κ2) is 7.36. The zero-order valence-corrected chi connectivity index (χ0v) is 15.8. The van der Waals surface area contributed by atoms with E-state index < -0.39 is 0 Å². The van der Waals surface area contributed by atoms with E-state index in [-0.39, 0.29) is 18.5 Å². The van der Waals surface area contributed by atoms with Crippen LogP contribution in [0, 0.1) is 0 Å². The zero-order valence-electron chi connectivity index (χ0n) is 15.0. The van der Waals surface area contributed by atoms with E-state index in [1.165, 1.54) is 11.0 Å². The summed E-state index contributed by atoms with van der Waals surface area (Å²) in [6, 6.07) is 7.88. The maximum absolute atomic E-state index is 13.0. The topological polar surface area (TPSA) is 82.4 Å². The normalized spacial score (nSPS) is 16.1. The number of tetrazole rings is 1. The van der Waals surface area contributed by atoms with Crippen LogP contribution in [0.3, 0.4) is 0 Å². The molecule has 0 spiro atoms. The van der Waals surface area contributed by atoms with Crippen molar-refractivity contribution < 1.29 is 14.3 Å². The summed E-state index contributed by atoms with van der Waals surface area (Å²) in [5, 5.41) is 13.0. The average molecular weight is 385 g/mol. The molecule has 0 radical (unpaired) electrons. The molecule has 1 aromatic carbocycles. The van der Waals surface area contributed by atoms with Gasteiger partial charge in [0.25, 0.3) is 0 Å². The van der Waals surface area contributed by atoms with Crippen molar-refractivity contribution in [3.05, 3.63) is 52.0 Å². The molecule has 1 aliphatic heterocycles. The van der Waals surface area contributed by atoms with E-state index in [1.54, 1.807) is 25.6 Å². The maximum atomic E-state index is 13.0. The van der Waals surface area contributed by atoms with Crippen molar-refractivity contribution in [2.45, 2.75) is 19.0 Å². The van der Waals surface area contributed by atoms with Gasteiger partial charge in [0, 0.05) is 11.4 Å². The summed E-state index contributed by atoms with van der Waals surface area (Å²) in [6.45, 7) is 0.726. The molecule has 140 valence electrons. The van der Waals surface area contributed by atoms with Gasteiger partial charge < -0.3 is 14.4 Å². The minimum absolute atomic E-state index is 0.0267. The van der Waals surface area contributed by atoms with Crippen LogP contribution in [0.25, 0.3) is 0 Å². The van der Waals surface area contributed by atoms with E-state index >= 15 is 0 Å². The van der Waals surface area contributed by atoms with Crippen LogP contribution in [-0.4, -0.2) is 51.8 Å². The van der Waals surface area contributed by atoms with Crippen molar-refractivity contribution in [3.8, 4) is 11.5 Å². The predicted molar refractivity (Wildman–Crippen MR) is 98.9 cm³/mol. The molecule has 1 unspecified atom stereocenters. The molecule has 9 heteroatoms. The minimum atomic E-state index is -0.169. The Morgan fingerprint density at radius 2 is 2.11 bits per heavy atom. The second-order valence-corrected chi connectivity index (χ2v) is 7.15. The fourth-order valence-electron chi connectivity index (χ4n) is 3.45. The number of methoxy groups -OCH3 is 2. The van der Waals surface area contributed by atoms with Crippen molar-refractivity contribution in [1.82, 2.24) is 25.1 Å². The standard InChI is InChI=1S/C18H19N5O3S/c1-25-14-8-12-5-6-23(17(24)10-22-11-19-20-21-22)18(16-4-3-7-27-16)13(12)9-15(14)26-2/h3-4,7-9,11,18H,5-6,10H2,1-2H3. The second-order valence-electron chi connectivity index (χ2n) is 6.17. The largest absolute Gasteiger partial charge is 0.493 e. The highest BCUT2D eigenvalue weighted by molar-refractivity contribution is 7.10. The van der Waals surface area contributed by atoms with E-state index in [2.05, 4.69) is 21.6 Å². The highest BCUT2D eigenvalue weighted by Crippen LogP contribution is 2.42. The summed E-state index contributed by atoms with van der Waals surface area (Å²) in [7, 11) is 3.25. The highest BCUT2D eigenvalue weighted by atomic mass is 32.1. The van der Waals surface area contributed by atoms with Crippen molar-refractivity contribution in [2.24, 2.45) is 0 Å². The first-order valence-corrected chi connectivity index (χ1v) is 9.37. The van der Waals surface area contributed by atoms with Gasteiger partial charge in [0.15, 0.2) is 11.5 Å². The summed E-state index contributed by atoms with van der Waals surface area (Å²) in [4.78, 5) is 16.0. The Hall–Kier alpha value is -2.94. The lowest BCUT2D eigenvalue weighted by atomic mass is 9.90. The Labute approximate surface area is 160 Å². The summed E-state index contributed by atoms with van der Waals surface area (Å²) < 4.78 is 12.4. The lowest BCUT2D eigenvalue weighted by Crippen LogP contribution is -2.42. The number of amides is 1. The molecule has 2 aromatic heterocycles. The Morgan fingerprint density at radius 3 is 2.78 bits per heavy atom. The van der Waals surface area contributed by atoms with E-state index in [9.17, 15) is 4.79 Å². The summed E-state index contributed by atoms with van der Waals surface area (Å²) in [6.07, 6.45) is 2.20. The SMILES string of the molecule is COc1cc2c(cc1OC)C(c1cccs1)N(C(=O)Cn1cnnn1)CC2. The average Bonchev–Trinajstić information content (AvgIpc) is 3.39. The molecule has 8 nitrogen and oxygen atoms in total. The molecule has 0 saturated heterocycles. The number of ether oxygens (including phenoxy) is 2. The van der Waals surface area contributed by atoms with Gasteiger partial charge in [-0.2, -0.15) is 0 Å². The van der Waals surface area contributed by atoms with Crippen LogP contribution in [-0.2, 0) is 17.8 Å². The molecule has 3 aromatic rings. The predicted octanol–water partition coefficient (Wildman–Crippen LogP) is 1.93. The monoisotopic (exact) mass is 385 g/mol. The van der Waals surface area contributed by atoms with Crippen LogP contribution in [0.4, 0.5) is 0 Å². The number of aromatic nitrogens is 4. The molecule has 0 bridgehead atoms. The molecule has 0 aliphatic carbocycles. The lowest BCUT2D eigenvalue weighted by molar-refractivity contribution is -0.134. The molecule has 3 heterocycles. The van der Waals surface area contributed by atoms with Crippen LogP contribution in [0.1, 0.15) is 22.0 Å². The highest BCUT2D eigenvalue weighted by Gasteiger charge is 2.34. The maximum Gasteiger partial charge on any atom is 0.245 e. The molecule has 0 fully saturated rings. The summed E-state index contributed by atoms with van der Waals surface area (Å²) in [5.41, 5.74) is 2.23. The van der Waals surface area contributed by atoms with Gasteiger partial charge in [-0.1, -0.05) is 6.07 Å². The quantitative estimate of drug-likeness (QED) is 0.667. The number of hydrogen-bond donors (Lipinski definition) is 0. The third-order valence-corrected chi connectivity index (χ3v) is 5.62. The Morgan fingerprint density at radius 1 is 1.30 bits per heavy atom. The van der Waals surface area contributed by atoms with E-state index in [4.69, 9.17) is 9.47 Å². The van der Waals surface area contributed by atoms with Gasteiger partial charge in [0.1, 0.15) is 12.9 Å². The van der Waals surface area contributed by atoms with Crippen LogP contribution in [0.15, 0.2) is 36.0 Å². The lowest BCUT2D eigenvalue weighted by Gasteiger charge is -2.37. The third-order valence-electron chi connectivity index (χ3n) is 4.70. The van der Waals surface area contributed by atoms with Gasteiger partial charge in [-0.05, 0) is 51.6 Å². The number of rotatable bonds is 5. The first-order chi connectivity index (χ1) is 13.2. The summed E-state index contributed by atoms with van der Waals surface area (Å²) >= 11 is 1.63. The van der Waals surface area contributed by atoms with Crippen LogP contribution < -0.4 is 9.47 Å². The van der Waals surface area contributed by atoms with E-state index in [0.717, 1.165) is 22.4 Å². The number of carbonyl (C=O) groups excluding carboxylic acids is 1. The number of thiophene rings is 1. The number of carbonyl (C=O) groups is 1. The number of hydrogen-bond acceptors (Lipinski definition) is 7. The molecular weight excluding hydrogens is 366 g/mol. The first kappa shape index (κ1) is 17.5. The fraction of sp³-hybridized carbons (Fsp3) is 0.333. The molecule has 1 amide bonds. The van der Waals surface area contributed by atoms with Gasteiger partial charge in [-0.15, -0.1) is 16.4 Å². The minimum Gasteiger partial charge on any atom is -0.493 e. The van der Waals surface area contributed by atoms with Crippen LogP contribution in [0.2, 0.25) is 0 Å². The van der Waals surface area contributed by atoms with Gasteiger partial charge in [0.2, 0.25) is 5.91 Å². The fourth-order valence-corrected chi connectivity index (χ4v) is 4.30. The molecule has 0 saturated carbocycles. The van der Waals surface area contributed by atoms with E-state index in [1.807, 2.05) is 28.5 Å². The number of nitrogens with zero attached hydrogens (tertiary/aromatic N) is 5. The van der Waals surface area contributed by atoms with Gasteiger partial charge in [0.05, 0.1) is 20.3 Å². The number of fused-ring (bicyclic) bond motifs is 1.